The summed E-state index contributed by atoms with van der Waals surface area (Å²) in [6, 6.07) is 7.53. The number of ether oxygens (including phenoxy) is 2. The molecule has 10 heteroatoms. The molecular formula is C20H22F2N4O4. The van der Waals surface area contributed by atoms with Crippen molar-refractivity contribution < 1.29 is 27.8 Å². The smallest absolute Gasteiger partial charge is 0.387 e. The molecule has 1 amide bonds. The maximum atomic E-state index is 12.5. The predicted octanol–water partition coefficient (Wildman–Crippen LogP) is 2.86. The number of carbonyl (C=O) groups excluding carboxylic acids is 2. The molecular weight excluding hydrogens is 398 g/mol. The number of hydrogen-bond acceptors (Lipinski definition) is 7. The number of nitrogens with zero attached hydrogens (tertiary/aromatic N) is 3. The lowest BCUT2D eigenvalue weighted by Gasteiger charge is -2.31. The van der Waals surface area contributed by atoms with Crippen LogP contribution >= 0.6 is 0 Å². The zero-order valence-electron chi connectivity index (χ0n) is 16.3. The van der Waals surface area contributed by atoms with E-state index in [1.165, 1.54) is 25.1 Å². The number of nitrogens with one attached hydrogen (secondary N) is 1. The monoisotopic (exact) mass is 420 g/mol. The van der Waals surface area contributed by atoms with E-state index in [-0.39, 0.29) is 17.4 Å². The number of amides is 1. The van der Waals surface area contributed by atoms with E-state index in [2.05, 4.69) is 20.0 Å². The van der Waals surface area contributed by atoms with Crippen LogP contribution in [0.3, 0.4) is 0 Å². The number of alkyl halides is 2. The summed E-state index contributed by atoms with van der Waals surface area (Å²) < 4.78 is 34.7. The van der Waals surface area contributed by atoms with Crippen LogP contribution in [0.15, 0.2) is 42.7 Å². The highest BCUT2D eigenvalue weighted by Crippen LogP contribution is 2.26. The number of carbonyl (C=O) groups is 2. The standard InChI is InChI=1S/C20H22F2N4O4/c1-13(17(27)25-15-5-2-3-6-16(15)30-19(21)22)29-18(28)14-7-11-26(12-8-14)20-23-9-4-10-24-20/h2-6,9-10,13-14,19H,7-8,11-12H2,1H3,(H,25,27). The number of para-hydroxylation sites is 2. The molecule has 1 aliphatic heterocycles. The quantitative estimate of drug-likeness (QED) is 0.689. The molecule has 1 atom stereocenters. The SMILES string of the molecule is CC(OC(=O)C1CCN(c2ncccn2)CC1)C(=O)Nc1ccccc1OC(F)F. The molecule has 0 saturated carbocycles. The summed E-state index contributed by atoms with van der Waals surface area (Å²) in [6.45, 7) is -0.396. The van der Waals surface area contributed by atoms with Gasteiger partial charge < -0.3 is 19.7 Å². The lowest BCUT2D eigenvalue weighted by molar-refractivity contribution is -0.158. The highest BCUT2D eigenvalue weighted by atomic mass is 19.3. The van der Waals surface area contributed by atoms with Gasteiger partial charge in [-0.3, -0.25) is 9.59 Å². The summed E-state index contributed by atoms with van der Waals surface area (Å²) >= 11 is 0. The van der Waals surface area contributed by atoms with Crippen molar-refractivity contribution >= 4 is 23.5 Å². The van der Waals surface area contributed by atoms with Gasteiger partial charge in [-0.1, -0.05) is 12.1 Å². The molecule has 1 aromatic heterocycles. The maximum absolute atomic E-state index is 12.5. The van der Waals surface area contributed by atoms with Crippen LogP contribution in [0.5, 0.6) is 5.75 Å². The first kappa shape index (κ1) is 21.4. The Bertz CT molecular complexity index is 861. The Balaban J connectivity index is 1.50. The van der Waals surface area contributed by atoms with E-state index >= 15 is 0 Å². The van der Waals surface area contributed by atoms with Gasteiger partial charge in [0.1, 0.15) is 5.75 Å². The summed E-state index contributed by atoms with van der Waals surface area (Å²) in [5.74, 6) is -1.00. The van der Waals surface area contributed by atoms with Gasteiger partial charge in [0, 0.05) is 25.5 Å². The lowest BCUT2D eigenvalue weighted by Crippen LogP contribution is -2.39. The Labute approximate surface area is 172 Å². The second-order valence-corrected chi connectivity index (χ2v) is 6.75. The molecule has 0 aliphatic carbocycles. The number of rotatable bonds is 7. The Morgan fingerprint density at radius 1 is 1.13 bits per heavy atom. The third-order valence-electron chi connectivity index (χ3n) is 4.69. The average Bonchev–Trinajstić information content (AvgIpc) is 2.75. The topological polar surface area (TPSA) is 93.7 Å². The Morgan fingerprint density at radius 2 is 1.80 bits per heavy atom. The normalized spacial score (nSPS) is 15.5. The first-order chi connectivity index (χ1) is 14.4. The van der Waals surface area contributed by atoms with Crippen LogP contribution in [0.1, 0.15) is 19.8 Å². The highest BCUT2D eigenvalue weighted by Gasteiger charge is 2.29. The van der Waals surface area contributed by atoms with E-state index in [0.717, 1.165) is 0 Å². The summed E-state index contributed by atoms with van der Waals surface area (Å²) in [5.41, 5.74) is 0.0712. The van der Waals surface area contributed by atoms with Crippen LogP contribution in [-0.2, 0) is 14.3 Å². The number of hydrogen-bond donors (Lipinski definition) is 1. The van der Waals surface area contributed by atoms with Crippen LogP contribution < -0.4 is 15.0 Å². The van der Waals surface area contributed by atoms with E-state index in [1.807, 2.05) is 4.90 Å². The summed E-state index contributed by atoms with van der Waals surface area (Å²) in [5, 5.41) is 2.45. The molecule has 2 aromatic rings. The van der Waals surface area contributed by atoms with E-state index in [0.29, 0.717) is 31.9 Å². The van der Waals surface area contributed by atoms with Gasteiger partial charge in [-0.15, -0.1) is 0 Å². The zero-order valence-corrected chi connectivity index (χ0v) is 16.3. The fourth-order valence-corrected chi connectivity index (χ4v) is 3.10. The van der Waals surface area contributed by atoms with Gasteiger partial charge in [0.25, 0.3) is 5.91 Å². The molecule has 1 aliphatic rings. The molecule has 1 saturated heterocycles. The number of halogens is 2. The molecule has 8 nitrogen and oxygen atoms in total. The van der Waals surface area contributed by atoms with Gasteiger partial charge in [-0.25, -0.2) is 9.97 Å². The Kier molecular flexibility index (Phi) is 7.10. The Hall–Kier alpha value is -3.30. The second kappa shape index (κ2) is 9.95. The van der Waals surface area contributed by atoms with Gasteiger partial charge in [0.15, 0.2) is 6.10 Å². The van der Waals surface area contributed by atoms with Crippen molar-refractivity contribution in [2.24, 2.45) is 5.92 Å². The van der Waals surface area contributed by atoms with Crippen molar-refractivity contribution in [3.63, 3.8) is 0 Å². The molecule has 1 unspecified atom stereocenters. The number of benzene rings is 1. The third-order valence-corrected chi connectivity index (χ3v) is 4.69. The largest absolute Gasteiger partial charge is 0.452 e. The van der Waals surface area contributed by atoms with E-state index in [9.17, 15) is 18.4 Å². The van der Waals surface area contributed by atoms with Crippen molar-refractivity contribution in [1.82, 2.24) is 9.97 Å². The van der Waals surface area contributed by atoms with Gasteiger partial charge in [-0.2, -0.15) is 8.78 Å². The molecule has 1 N–H and O–H groups in total. The molecule has 0 radical (unpaired) electrons. The van der Waals surface area contributed by atoms with Crippen molar-refractivity contribution in [3.05, 3.63) is 42.7 Å². The average molecular weight is 420 g/mol. The molecule has 3 rings (SSSR count). The highest BCUT2D eigenvalue weighted by molar-refractivity contribution is 5.96. The van der Waals surface area contributed by atoms with Gasteiger partial charge in [-0.05, 0) is 38.0 Å². The van der Waals surface area contributed by atoms with Crippen molar-refractivity contribution in [2.75, 3.05) is 23.3 Å². The van der Waals surface area contributed by atoms with Crippen LogP contribution in [0.4, 0.5) is 20.4 Å². The molecule has 160 valence electrons. The lowest BCUT2D eigenvalue weighted by atomic mass is 9.97. The first-order valence-corrected chi connectivity index (χ1v) is 9.51. The summed E-state index contributed by atoms with van der Waals surface area (Å²) in [4.78, 5) is 35.2. The van der Waals surface area contributed by atoms with E-state index < -0.39 is 24.6 Å². The van der Waals surface area contributed by atoms with Crippen LogP contribution in [0.25, 0.3) is 0 Å². The number of esters is 1. The van der Waals surface area contributed by atoms with Crippen LogP contribution in [0, 0.1) is 5.92 Å². The molecule has 0 spiro atoms. The second-order valence-electron chi connectivity index (χ2n) is 6.75. The zero-order chi connectivity index (χ0) is 21.5. The molecule has 0 bridgehead atoms. The van der Waals surface area contributed by atoms with Gasteiger partial charge >= 0.3 is 12.6 Å². The molecule has 30 heavy (non-hydrogen) atoms. The van der Waals surface area contributed by atoms with Gasteiger partial charge in [0.05, 0.1) is 11.6 Å². The van der Waals surface area contributed by atoms with Crippen molar-refractivity contribution in [3.8, 4) is 5.75 Å². The van der Waals surface area contributed by atoms with Crippen LogP contribution in [0.2, 0.25) is 0 Å². The van der Waals surface area contributed by atoms with Crippen molar-refractivity contribution in [1.29, 1.82) is 0 Å². The maximum Gasteiger partial charge on any atom is 0.387 e. The van der Waals surface area contributed by atoms with Gasteiger partial charge in [0.2, 0.25) is 5.95 Å². The minimum Gasteiger partial charge on any atom is -0.452 e. The van der Waals surface area contributed by atoms with Crippen molar-refractivity contribution in [2.45, 2.75) is 32.5 Å². The van der Waals surface area contributed by atoms with Crippen LogP contribution in [-0.4, -0.2) is 47.6 Å². The molecule has 1 aromatic carbocycles. The Morgan fingerprint density at radius 3 is 2.47 bits per heavy atom. The fraction of sp³-hybridized carbons (Fsp3) is 0.400. The predicted molar refractivity (Wildman–Crippen MR) is 104 cm³/mol. The molecule has 1 fully saturated rings. The fourth-order valence-electron chi connectivity index (χ4n) is 3.10. The first-order valence-electron chi connectivity index (χ1n) is 9.51. The summed E-state index contributed by atoms with van der Waals surface area (Å²) in [6.07, 6.45) is 3.33. The summed E-state index contributed by atoms with van der Waals surface area (Å²) in [7, 11) is 0. The number of piperidine rings is 1. The molecule has 2 heterocycles. The minimum atomic E-state index is -3.02. The van der Waals surface area contributed by atoms with E-state index in [1.54, 1.807) is 24.5 Å². The number of anilines is 2. The minimum absolute atomic E-state index is 0.0712. The third kappa shape index (κ3) is 5.62. The van der Waals surface area contributed by atoms with E-state index in [4.69, 9.17) is 4.74 Å². The number of aromatic nitrogens is 2.